The molecule has 20 heavy (non-hydrogen) atoms. The Morgan fingerprint density at radius 1 is 1.40 bits per heavy atom. The summed E-state index contributed by atoms with van der Waals surface area (Å²) in [6.07, 6.45) is -0.196. The lowest BCUT2D eigenvalue weighted by Crippen LogP contribution is -2.80. The molecular weight excluding hydrogens is 258 g/mol. The Kier molecular flexibility index (Phi) is 3.43. The highest BCUT2D eigenvalue weighted by molar-refractivity contribution is 5.70. The van der Waals surface area contributed by atoms with Gasteiger partial charge in [0.05, 0.1) is 18.8 Å². The molecule has 0 radical (unpaired) electrons. The Morgan fingerprint density at radius 3 is 2.85 bits per heavy atom. The number of morpholine rings is 1. The van der Waals surface area contributed by atoms with E-state index in [0.29, 0.717) is 6.04 Å². The third-order valence-corrected chi connectivity index (χ3v) is 4.29. The van der Waals surface area contributed by atoms with Crippen LogP contribution in [0.4, 0.5) is 4.79 Å². The highest BCUT2D eigenvalue weighted by Gasteiger charge is 2.54. The number of hydrogen-bond donors (Lipinski definition) is 1. The van der Waals surface area contributed by atoms with E-state index >= 15 is 0 Å². The number of fused-ring (bicyclic) bond motifs is 2. The SMILES string of the molecule is CC(C)(C)OC(=O)N1CC2(CNC[C@@H]3COCCN32)C1. The predicted octanol–water partition coefficient (Wildman–Crippen LogP) is 0.280. The Bertz CT molecular complexity index is 386. The van der Waals surface area contributed by atoms with Crippen LogP contribution in [-0.2, 0) is 9.47 Å². The van der Waals surface area contributed by atoms with Crippen LogP contribution in [0.5, 0.6) is 0 Å². The van der Waals surface area contributed by atoms with E-state index in [4.69, 9.17) is 9.47 Å². The largest absolute Gasteiger partial charge is 0.444 e. The summed E-state index contributed by atoms with van der Waals surface area (Å²) in [6, 6.07) is 0.443. The quantitative estimate of drug-likeness (QED) is 0.692. The fraction of sp³-hybridized carbons (Fsp3) is 0.929. The average molecular weight is 283 g/mol. The maximum Gasteiger partial charge on any atom is 0.410 e. The van der Waals surface area contributed by atoms with Crippen molar-refractivity contribution in [3.05, 3.63) is 0 Å². The average Bonchev–Trinajstić information content (AvgIpc) is 2.33. The van der Waals surface area contributed by atoms with Crippen LogP contribution < -0.4 is 5.32 Å². The minimum Gasteiger partial charge on any atom is -0.444 e. The Labute approximate surface area is 120 Å². The molecule has 1 spiro atoms. The van der Waals surface area contributed by atoms with Gasteiger partial charge in [0.1, 0.15) is 5.60 Å². The first kappa shape index (κ1) is 14.1. The van der Waals surface area contributed by atoms with Gasteiger partial charge >= 0.3 is 6.09 Å². The van der Waals surface area contributed by atoms with Gasteiger partial charge in [0, 0.05) is 38.8 Å². The molecule has 3 heterocycles. The lowest BCUT2D eigenvalue weighted by atomic mass is 9.84. The molecule has 0 aromatic carbocycles. The van der Waals surface area contributed by atoms with Crippen molar-refractivity contribution >= 4 is 6.09 Å². The Hall–Kier alpha value is -0.850. The fourth-order valence-electron chi connectivity index (χ4n) is 3.43. The van der Waals surface area contributed by atoms with Gasteiger partial charge in [0.25, 0.3) is 0 Å². The molecule has 0 aliphatic carbocycles. The molecule has 0 aromatic heterocycles. The smallest absolute Gasteiger partial charge is 0.410 e. The van der Waals surface area contributed by atoms with Gasteiger partial charge < -0.3 is 19.7 Å². The zero-order chi connectivity index (χ0) is 14.4. The molecule has 3 fully saturated rings. The second-order valence-corrected chi connectivity index (χ2v) is 7.11. The summed E-state index contributed by atoms with van der Waals surface area (Å²) < 4.78 is 11.0. The topological polar surface area (TPSA) is 54.0 Å². The number of nitrogens with one attached hydrogen (secondary N) is 1. The standard InChI is InChI=1S/C14H25N3O3/c1-13(2,3)20-12(18)16-9-14(10-16)8-15-6-11-7-19-5-4-17(11)14/h11,15H,4-10H2,1-3H3/t11-/m1/s1. The molecule has 0 aromatic rings. The maximum absolute atomic E-state index is 12.1. The van der Waals surface area contributed by atoms with Crippen LogP contribution in [0.25, 0.3) is 0 Å². The highest BCUT2D eigenvalue weighted by atomic mass is 16.6. The van der Waals surface area contributed by atoms with Crippen molar-refractivity contribution in [3.8, 4) is 0 Å². The number of nitrogens with zero attached hydrogens (tertiary/aromatic N) is 2. The highest BCUT2D eigenvalue weighted by Crippen LogP contribution is 2.33. The molecule has 1 amide bonds. The monoisotopic (exact) mass is 283 g/mol. The van der Waals surface area contributed by atoms with E-state index in [1.165, 1.54) is 0 Å². The number of piperazine rings is 1. The van der Waals surface area contributed by atoms with Crippen LogP contribution in [0.2, 0.25) is 0 Å². The van der Waals surface area contributed by atoms with Crippen molar-refractivity contribution in [2.24, 2.45) is 0 Å². The molecule has 6 heteroatoms. The number of carbonyl (C=O) groups is 1. The first-order valence-electron chi connectivity index (χ1n) is 7.43. The molecule has 0 saturated carbocycles. The minimum absolute atomic E-state index is 0.0869. The lowest BCUT2D eigenvalue weighted by molar-refractivity contribution is -0.135. The summed E-state index contributed by atoms with van der Waals surface area (Å²) in [7, 11) is 0. The maximum atomic E-state index is 12.1. The van der Waals surface area contributed by atoms with E-state index in [1.807, 2.05) is 25.7 Å². The molecule has 3 rings (SSSR count). The number of amides is 1. The minimum atomic E-state index is -0.424. The first-order chi connectivity index (χ1) is 9.40. The van der Waals surface area contributed by atoms with Crippen LogP contribution in [0.1, 0.15) is 20.8 Å². The van der Waals surface area contributed by atoms with Crippen LogP contribution in [0.15, 0.2) is 0 Å². The van der Waals surface area contributed by atoms with Gasteiger partial charge in [0.2, 0.25) is 0 Å². The zero-order valence-electron chi connectivity index (χ0n) is 12.6. The number of carbonyl (C=O) groups excluding carboxylic acids is 1. The van der Waals surface area contributed by atoms with Crippen LogP contribution in [0, 0.1) is 0 Å². The summed E-state index contributed by atoms with van der Waals surface area (Å²) in [5.74, 6) is 0. The van der Waals surface area contributed by atoms with Gasteiger partial charge in [-0.3, -0.25) is 4.90 Å². The second kappa shape index (κ2) is 4.86. The molecule has 0 bridgehead atoms. The van der Waals surface area contributed by atoms with Crippen molar-refractivity contribution in [2.75, 3.05) is 45.9 Å². The first-order valence-corrected chi connectivity index (χ1v) is 7.43. The number of hydrogen-bond acceptors (Lipinski definition) is 5. The Morgan fingerprint density at radius 2 is 2.15 bits per heavy atom. The normalized spacial score (nSPS) is 29.8. The molecule has 3 aliphatic rings. The van der Waals surface area contributed by atoms with E-state index < -0.39 is 5.60 Å². The van der Waals surface area contributed by atoms with Crippen molar-refractivity contribution < 1.29 is 14.3 Å². The molecule has 0 unspecified atom stereocenters. The second-order valence-electron chi connectivity index (χ2n) is 7.11. The van der Waals surface area contributed by atoms with Crippen LogP contribution >= 0.6 is 0 Å². The van der Waals surface area contributed by atoms with E-state index in [2.05, 4.69) is 10.2 Å². The molecule has 1 N–H and O–H groups in total. The van der Waals surface area contributed by atoms with E-state index in [1.54, 1.807) is 0 Å². The summed E-state index contributed by atoms with van der Waals surface area (Å²) in [6.45, 7) is 11.7. The molecule has 3 aliphatic heterocycles. The van der Waals surface area contributed by atoms with E-state index in [9.17, 15) is 4.79 Å². The van der Waals surface area contributed by atoms with Gasteiger partial charge in [-0.1, -0.05) is 0 Å². The van der Waals surface area contributed by atoms with Crippen molar-refractivity contribution in [1.29, 1.82) is 0 Å². The molecule has 3 saturated heterocycles. The summed E-state index contributed by atoms with van der Waals surface area (Å²) >= 11 is 0. The van der Waals surface area contributed by atoms with Crippen LogP contribution in [-0.4, -0.2) is 79.0 Å². The summed E-state index contributed by atoms with van der Waals surface area (Å²) in [4.78, 5) is 16.4. The molecule has 6 nitrogen and oxygen atoms in total. The molecule has 114 valence electrons. The van der Waals surface area contributed by atoms with Crippen molar-refractivity contribution in [3.63, 3.8) is 0 Å². The van der Waals surface area contributed by atoms with Crippen LogP contribution in [0.3, 0.4) is 0 Å². The summed E-state index contributed by atoms with van der Waals surface area (Å²) in [5, 5.41) is 3.48. The van der Waals surface area contributed by atoms with Gasteiger partial charge in [-0.15, -0.1) is 0 Å². The third-order valence-electron chi connectivity index (χ3n) is 4.29. The number of ether oxygens (including phenoxy) is 2. The third kappa shape index (κ3) is 2.52. The fourth-order valence-corrected chi connectivity index (χ4v) is 3.43. The zero-order valence-corrected chi connectivity index (χ0v) is 12.6. The van der Waals surface area contributed by atoms with Gasteiger partial charge in [-0.25, -0.2) is 4.79 Å². The predicted molar refractivity (Wildman–Crippen MR) is 74.7 cm³/mol. The molecule has 1 atom stereocenters. The molecular formula is C14H25N3O3. The van der Waals surface area contributed by atoms with E-state index in [-0.39, 0.29) is 11.6 Å². The van der Waals surface area contributed by atoms with E-state index in [0.717, 1.165) is 45.9 Å². The van der Waals surface area contributed by atoms with Gasteiger partial charge in [0.15, 0.2) is 0 Å². The Balaban J connectivity index is 1.61. The van der Waals surface area contributed by atoms with Gasteiger partial charge in [-0.2, -0.15) is 0 Å². The van der Waals surface area contributed by atoms with Crippen molar-refractivity contribution in [2.45, 2.75) is 38.0 Å². The van der Waals surface area contributed by atoms with Crippen molar-refractivity contribution in [1.82, 2.24) is 15.1 Å². The number of rotatable bonds is 0. The number of likely N-dealkylation sites (tertiary alicyclic amines) is 1. The lowest BCUT2D eigenvalue weighted by Gasteiger charge is -2.61. The van der Waals surface area contributed by atoms with Gasteiger partial charge in [-0.05, 0) is 20.8 Å². The summed E-state index contributed by atoms with van der Waals surface area (Å²) in [5.41, 5.74) is -0.338.